The first kappa shape index (κ1) is 18.5. The lowest BCUT2D eigenvalue weighted by Crippen LogP contribution is -2.60. The molecule has 0 bridgehead atoms. The second kappa shape index (κ2) is 7.50. The van der Waals surface area contributed by atoms with Crippen LogP contribution in [0.25, 0.3) is 0 Å². The van der Waals surface area contributed by atoms with Crippen molar-refractivity contribution in [1.29, 1.82) is 0 Å². The maximum Gasteiger partial charge on any atom is 0.328 e. The number of aromatic amines is 1. The smallest absolute Gasteiger partial charge is 0.328 e. The van der Waals surface area contributed by atoms with Gasteiger partial charge in [0.05, 0.1) is 30.9 Å². The van der Waals surface area contributed by atoms with E-state index < -0.39 is 41.5 Å². The lowest BCUT2D eigenvalue weighted by molar-refractivity contribution is -0.152. The molecule has 4 atom stereocenters. The van der Waals surface area contributed by atoms with Gasteiger partial charge in [0.25, 0.3) is 11.5 Å². The Morgan fingerprint density at radius 2 is 2.23 bits per heavy atom. The number of hydrogen-bond donors (Lipinski definition) is 4. The lowest BCUT2D eigenvalue weighted by Gasteiger charge is -2.38. The van der Waals surface area contributed by atoms with Crippen molar-refractivity contribution in [2.75, 3.05) is 6.61 Å². The molecule has 10 nitrogen and oxygen atoms in total. The summed E-state index contributed by atoms with van der Waals surface area (Å²) in [4.78, 5) is 41.6. The molecule has 1 amide bonds. The highest BCUT2D eigenvalue weighted by Gasteiger charge is 2.39. The van der Waals surface area contributed by atoms with E-state index in [1.807, 2.05) is 0 Å². The van der Waals surface area contributed by atoms with Crippen LogP contribution in [-0.4, -0.2) is 61.6 Å². The van der Waals surface area contributed by atoms with E-state index in [-0.39, 0.29) is 13.2 Å². The van der Waals surface area contributed by atoms with Gasteiger partial charge in [0.15, 0.2) is 0 Å². The standard InChI is InChI=1S/C15H18N4O6S/c1-7-2-11(20)18-15(24)19(7)4-9-13(22)12(21)8(5-25-9)17-14(23)10-3-16-6-26-10/h2-3,6,8-9,12-13,21-22H,4-5H2,1H3,(H,17,23)(H,18,20,24)/t8-,9-,12+,13-/m1/s1. The van der Waals surface area contributed by atoms with E-state index in [4.69, 9.17) is 4.74 Å². The molecule has 11 heteroatoms. The molecule has 1 aliphatic heterocycles. The van der Waals surface area contributed by atoms with Gasteiger partial charge in [0.2, 0.25) is 0 Å². The molecule has 0 aromatic carbocycles. The van der Waals surface area contributed by atoms with Gasteiger partial charge in [-0.1, -0.05) is 0 Å². The maximum absolute atomic E-state index is 12.1. The van der Waals surface area contributed by atoms with Gasteiger partial charge in [0.1, 0.15) is 23.2 Å². The minimum absolute atomic E-state index is 0.0371. The number of thiazole rings is 1. The quantitative estimate of drug-likeness (QED) is 0.489. The Kier molecular flexibility index (Phi) is 5.32. The SMILES string of the molecule is Cc1cc(=O)[nH]c(=O)n1C[C@H]1OC[C@@H](NC(=O)c2cncs2)[C@H](O)[C@@H]1O. The van der Waals surface area contributed by atoms with E-state index in [0.29, 0.717) is 10.6 Å². The van der Waals surface area contributed by atoms with Gasteiger partial charge in [0, 0.05) is 11.8 Å². The Hall–Kier alpha value is -2.34. The number of nitrogens with one attached hydrogen (secondary N) is 2. The highest BCUT2D eigenvalue weighted by atomic mass is 32.1. The van der Waals surface area contributed by atoms with Gasteiger partial charge in [-0.2, -0.15) is 0 Å². The van der Waals surface area contributed by atoms with Crippen LogP contribution in [0, 0.1) is 6.92 Å². The number of ether oxygens (including phenoxy) is 1. The fourth-order valence-electron chi connectivity index (χ4n) is 2.78. The second-order valence-electron chi connectivity index (χ2n) is 5.99. The molecule has 0 unspecified atom stereocenters. The third kappa shape index (κ3) is 3.75. The molecule has 0 aliphatic carbocycles. The zero-order chi connectivity index (χ0) is 18.8. The van der Waals surface area contributed by atoms with Crippen LogP contribution < -0.4 is 16.6 Å². The van der Waals surface area contributed by atoms with Crippen LogP contribution in [-0.2, 0) is 11.3 Å². The molecule has 0 saturated carbocycles. The predicted molar refractivity (Wildman–Crippen MR) is 91.2 cm³/mol. The molecule has 2 aromatic rings. The molecule has 3 heterocycles. The molecule has 26 heavy (non-hydrogen) atoms. The number of aliphatic hydroxyl groups is 2. The van der Waals surface area contributed by atoms with Crippen molar-refractivity contribution >= 4 is 17.2 Å². The summed E-state index contributed by atoms with van der Waals surface area (Å²) >= 11 is 1.15. The number of hydrogen-bond acceptors (Lipinski definition) is 8. The summed E-state index contributed by atoms with van der Waals surface area (Å²) in [5.74, 6) is -0.418. The van der Waals surface area contributed by atoms with Crippen LogP contribution in [0.4, 0.5) is 0 Å². The van der Waals surface area contributed by atoms with Crippen molar-refractivity contribution in [2.45, 2.75) is 37.8 Å². The third-order valence-electron chi connectivity index (χ3n) is 4.21. The third-order valence-corrected chi connectivity index (χ3v) is 4.98. The number of amides is 1. The van der Waals surface area contributed by atoms with Crippen molar-refractivity contribution in [2.24, 2.45) is 0 Å². The molecule has 2 aromatic heterocycles. The average Bonchev–Trinajstić information content (AvgIpc) is 3.11. The first-order valence-corrected chi connectivity index (χ1v) is 8.72. The van der Waals surface area contributed by atoms with Gasteiger partial charge in [-0.3, -0.25) is 24.1 Å². The monoisotopic (exact) mass is 382 g/mol. The minimum Gasteiger partial charge on any atom is -0.388 e. The largest absolute Gasteiger partial charge is 0.388 e. The number of aliphatic hydroxyl groups excluding tert-OH is 2. The van der Waals surface area contributed by atoms with Crippen molar-refractivity contribution in [3.05, 3.63) is 49.2 Å². The lowest BCUT2D eigenvalue weighted by atomic mass is 9.97. The Labute approximate surface area is 151 Å². The summed E-state index contributed by atoms with van der Waals surface area (Å²) in [6, 6.07) is 0.453. The van der Waals surface area contributed by atoms with Crippen LogP contribution in [0.3, 0.4) is 0 Å². The van der Waals surface area contributed by atoms with E-state index >= 15 is 0 Å². The topological polar surface area (TPSA) is 147 Å². The fourth-order valence-corrected chi connectivity index (χ4v) is 3.30. The summed E-state index contributed by atoms with van der Waals surface area (Å²) in [6.45, 7) is 1.50. The summed E-state index contributed by atoms with van der Waals surface area (Å²) < 4.78 is 6.80. The van der Waals surface area contributed by atoms with Crippen LogP contribution in [0.2, 0.25) is 0 Å². The van der Waals surface area contributed by atoms with E-state index in [0.717, 1.165) is 11.3 Å². The van der Waals surface area contributed by atoms with Gasteiger partial charge < -0.3 is 20.3 Å². The molecular formula is C15H18N4O6S. The molecule has 0 spiro atoms. The van der Waals surface area contributed by atoms with Gasteiger partial charge in [-0.25, -0.2) is 4.79 Å². The van der Waals surface area contributed by atoms with Crippen molar-refractivity contribution < 1.29 is 19.7 Å². The molecule has 1 fully saturated rings. The molecule has 3 rings (SSSR count). The Balaban J connectivity index is 1.68. The fraction of sp³-hybridized carbons (Fsp3) is 0.467. The van der Waals surface area contributed by atoms with Gasteiger partial charge >= 0.3 is 5.69 Å². The van der Waals surface area contributed by atoms with Gasteiger partial charge in [-0.05, 0) is 6.92 Å². The summed E-state index contributed by atoms with van der Waals surface area (Å²) in [5.41, 5.74) is 0.781. The molecule has 0 radical (unpaired) electrons. The summed E-state index contributed by atoms with van der Waals surface area (Å²) in [6.07, 6.45) is -2.07. The number of rotatable bonds is 4. The Morgan fingerprint density at radius 1 is 1.46 bits per heavy atom. The number of carbonyl (C=O) groups excluding carboxylic acids is 1. The number of nitrogens with zero attached hydrogens (tertiary/aromatic N) is 2. The second-order valence-corrected chi connectivity index (χ2v) is 6.88. The van der Waals surface area contributed by atoms with E-state index in [1.54, 1.807) is 6.92 Å². The molecule has 140 valence electrons. The van der Waals surface area contributed by atoms with E-state index in [9.17, 15) is 24.6 Å². The highest BCUT2D eigenvalue weighted by molar-refractivity contribution is 7.11. The van der Waals surface area contributed by atoms with Gasteiger partial charge in [-0.15, -0.1) is 11.3 Å². The number of H-pyrrole nitrogens is 1. The first-order valence-electron chi connectivity index (χ1n) is 7.84. The Morgan fingerprint density at radius 3 is 2.88 bits per heavy atom. The van der Waals surface area contributed by atoms with Crippen LogP contribution in [0.5, 0.6) is 0 Å². The summed E-state index contributed by atoms with van der Waals surface area (Å²) in [5, 5.41) is 23.2. The van der Waals surface area contributed by atoms with Crippen LogP contribution in [0.15, 0.2) is 27.4 Å². The van der Waals surface area contributed by atoms with Crippen LogP contribution in [0.1, 0.15) is 15.4 Å². The average molecular weight is 382 g/mol. The molecular weight excluding hydrogens is 364 g/mol. The summed E-state index contributed by atoms with van der Waals surface area (Å²) in [7, 11) is 0. The minimum atomic E-state index is -1.33. The predicted octanol–water partition coefficient (Wildman–Crippen LogP) is -1.78. The maximum atomic E-state index is 12.1. The number of aryl methyl sites for hydroxylation is 1. The van der Waals surface area contributed by atoms with Crippen LogP contribution >= 0.6 is 11.3 Å². The van der Waals surface area contributed by atoms with E-state index in [2.05, 4.69) is 15.3 Å². The molecule has 1 aliphatic rings. The van der Waals surface area contributed by atoms with Crippen molar-refractivity contribution in [1.82, 2.24) is 19.9 Å². The number of carbonyl (C=O) groups is 1. The molecule has 4 N–H and O–H groups in total. The zero-order valence-electron chi connectivity index (χ0n) is 13.8. The Bertz CT molecular complexity index is 892. The first-order chi connectivity index (χ1) is 12.4. The normalized spacial score (nSPS) is 25.8. The number of aromatic nitrogens is 3. The molecule has 1 saturated heterocycles. The highest BCUT2D eigenvalue weighted by Crippen LogP contribution is 2.18. The van der Waals surface area contributed by atoms with Crippen molar-refractivity contribution in [3.8, 4) is 0 Å². The van der Waals surface area contributed by atoms with E-state index in [1.165, 1.54) is 22.3 Å². The van der Waals surface area contributed by atoms with Crippen molar-refractivity contribution in [3.63, 3.8) is 0 Å². The zero-order valence-corrected chi connectivity index (χ0v) is 14.6.